The van der Waals surface area contributed by atoms with Crippen LogP contribution in [0.5, 0.6) is 0 Å². The topological polar surface area (TPSA) is 84.7 Å². The van der Waals surface area contributed by atoms with E-state index in [1.54, 1.807) is 36.4 Å². The van der Waals surface area contributed by atoms with Gasteiger partial charge in [-0.3, -0.25) is 4.79 Å². The van der Waals surface area contributed by atoms with Gasteiger partial charge in [-0.2, -0.15) is 10.4 Å². The summed E-state index contributed by atoms with van der Waals surface area (Å²) in [5.74, 6) is -0.241. The molecule has 0 fully saturated rings. The van der Waals surface area contributed by atoms with Crippen LogP contribution in [0.3, 0.4) is 0 Å². The van der Waals surface area contributed by atoms with Crippen LogP contribution >= 0.6 is 11.6 Å². The van der Waals surface area contributed by atoms with Gasteiger partial charge in [-0.05, 0) is 25.1 Å². The summed E-state index contributed by atoms with van der Waals surface area (Å²) in [6.07, 6.45) is 0. The minimum Gasteiger partial charge on any atom is -0.382 e. The Hall–Kier alpha value is -3.10. The van der Waals surface area contributed by atoms with Crippen LogP contribution < -0.4 is 5.73 Å². The van der Waals surface area contributed by atoms with E-state index in [1.807, 2.05) is 25.1 Å². The van der Waals surface area contributed by atoms with E-state index in [1.165, 1.54) is 4.68 Å². The number of aromatic nitrogens is 2. The van der Waals surface area contributed by atoms with Crippen molar-refractivity contribution in [2.45, 2.75) is 6.92 Å². The Morgan fingerprint density at radius 2 is 1.96 bits per heavy atom. The molecule has 0 bridgehead atoms. The van der Waals surface area contributed by atoms with Gasteiger partial charge in [-0.1, -0.05) is 47.5 Å². The van der Waals surface area contributed by atoms with Gasteiger partial charge in [0.25, 0.3) is 0 Å². The second-order valence-corrected chi connectivity index (χ2v) is 5.74. The quantitative estimate of drug-likeness (QED) is 0.741. The summed E-state index contributed by atoms with van der Waals surface area (Å²) in [6.45, 7) is 1.93. The van der Waals surface area contributed by atoms with Gasteiger partial charge >= 0.3 is 0 Å². The maximum Gasteiger partial charge on any atom is 0.214 e. The van der Waals surface area contributed by atoms with Crippen LogP contribution in [0.2, 0.25) is 5.02 Å². The van der Waals surface area contributed by atoms with Crippen LogP contribution in [-0.2, 0) is 0 Å². The molecule has 2 N–H and O–H groups in total. The van der Waals surface area contributed by atoms with E-state index in [0.29, 0.717) is 16.3 Å². The molecule has 3 aromatic rings. The van der Waals surface area contributed by atoms with Crippen molar-refractivity contribution in [3.63, 3.8) is 0 Å². The molecule has 0 saturated heterocycles. The van der Waals surface area contributed by atoms with Crippen molar-refractivity contribution in [3.05, 3.63) is 75.9 Å². The van der Waals surface area contributed by atoms with E-state index in [-0.39, 0.29) is 22.9 Å². The Labute approximate surface area is 143 Å². The average Bonchev–Trinajstić information content (AvgIpc) is 2.91. The summed E-state index contributed by atoms with van der Waals surface area (Å²) in [6, 6.07) is 15.9. The number of hydrogen-bond donors (Lipinski definition) is 1. The van der Waals surface area contributed by atoms with E-state index in [4.69, 9.17) is 17.3 Å². The maximum absolute atomic E-state index is 12.7. The van der Waals surface area contributed by atoms with Crippen molar-refractivity contribution >= 4 is 23.2 Å². The van der Waals surface area contributed by atoms with Crippen LogP contribution in [0.1, 0.15) is 27.2 Å². The Kier molecular flexibility index (Phi) is 4.07. The molecule has 0 aliphatic carbocycles. The maximum atomic E-state index is 12.7. The lowest BCUT2D eigenvalue weighted by Gasteiger charge is -2.03. The number of benzene rings is 2. The second kappa shape index (κ2) is 6.19. The van der Waals surface area contributed by atoms with E-state index in [0.717, 1.165) is 5.56 Å². The Morgan fingerprint density at radius 1 is 1.25 bits per heavy atom. The number of nitrogens with zero attached hydrogens (tertiary/aromatic N) is 3. The van der Waals surface area contributed by atoms with Gasteiger partial charge in [-0.15, -0.1) is 0 Å². The number of carbonyl (C=O) groups is 1. The van der Waals surface area contributed by atoms with E-state index >= 15 is 0 Å². The molecule has 0 aliphatic rings. The zero-order valence-electron chi connectivity index (χ0n) is 12.8. The first-order valence-electron chi connectivity index (χ1n) is 7.17. The van der Waals surface area contributed by atoms with Gasteiger partial charge in [0.1, 0.15) is 17.5 Å². The van der Waals surface area contributed by atoms with E-state index in [9.17, 15) is 10.1 Å². The van der Waals surface area contributed by atoms with Crippen LogP contribution in [0.15, 0.2) is 48.5 Å². The fraction of sp³-hybridized carbons (Fsp3) is 0.0556. The first kappa shape index (κ1) is 15.8. The molecular formula is C18H13ClN4O. The standard InChI is InChI=1S/C18H13ClN4O/c1-11-5-7-12(8-6-11)17(24)16-15(10-20)18(21)23(22-16)14-4-2-3-13(19)9-14/h2-9H,21H2,1H3. The highest BCUT2D eigenvalue weighted by Crippen LogP contribution is 2.24. The number of aryl methyl sites for hydroxylation is 1. The van der Waals surface area contributed by atoms with E-state index in [2.05, 4.69) is 5.10 Å². The van der Waals surface area contributed by atoms with Gasteiger partial charge in [-0.25, -0.2) is 4.68 Å². The largest absolute Gasteiger partial charge is 0.382 e. The molecule has 0 radical (unpaired) electrons. The van der Waals surface area contributed by atoms with Crippen molar-refractivity contribution in [1.82, 2.24) is 9.78 Å². The fourth-order valence-corrected chi connectivity index (χ4v) is 2.53. The third-order valence-corrected chi connectivity index (χ3v) is 3.85. The van der Waals surface area contributed by atoms with Crippen molar-refractivity contribution in [3.8, 4) is 11.8 Å². The Morgan fingerprint density at radius 3 is 2.58 bits per heavy atom. The Balaban J connectivity index is 2.12. The molecule has 5 nitrogen and oxygen atoms in total. The van der Waals surface area contributed by atoms with Crippen LogP contribution in [0.4, 0.5) is 5.82 Å². The van der Waals surface area contributed by atoms with Crippen molar-refractivity contribution < 1.29 is 4.79 Å². The summed E-state index contributed by atoms with van der Waals surface area (Å²) in [4.78, 5) is 12.7. The SMILES string of the molecule is Cc1ccc(C(=O)c2nn(-c3cccc(Cl)c3)c(N)c2C#N)cc1. The van der Waals surface area contributed by atoms with Gasteiger partial charge in [0.2, 0.25) is 5.78 Å². The lowest BCUT2D eigenvalue weighted by Crippen LogP contribution is -2.05. The van der Waals surface area contributed by atoms with Gasteiger partial charge in [0, 0.05) is 10.6 Å². The minimum atomic E-state index is -0.348. The number of nitrogens with two attached hydrogens (primary N) is 1. The average molecular weight is 337 g/mol. The monoisotopic (exact) mass is 336 g/mol. The first-order chi connectivity index (χ1) is 11.5. The summed E-state index contributed by atoms with van der Waals surface area (Å²) in [5, 5.41) is 14.2. The summed E-state index contributed by atoms with van der Waals surface area (Å²) in [5.41, 5.74) is 8.17. The second-order valence-electron chi connectivity index (χ2n) is 5.31. The molecule has 118 valence electrons. The molecule has 0 amide bonds. The molecule has 6 heteroatoms. The van der Waals surface area contributed by atoms with Crippen molar-refractivity contribution in [2.75, 3.05) is 5.73 Å². The molecule has 0 saturated carbocycles. The Bertz CT molecular complexity index is 968. The molecule has 0 atom stereocenters. The molecular weight excluding hydrogens is 324 g/mol. The molecule has 0 spiro atoms. The summed E-state index contributed by atoms with van der Waals surface area (Å²) in [7, 11) is 0. The van der Waals surface area contributed by atoms with Gasteiger partial charge < -0.3 is 5.73 Å². The zero-order valence-corrected chi connectivity index (χ0v) is 13.6. The fourth-order valence-electron chi connectivity index (χ4n) is 2.35. The third-order valence-electron chi connectivity index (χ3n) is 3.61. The number of rotatable bonds is 3. The lowest BCUT2D eigenvalue weighted by atomic mass is 10.0. The van der Waals surface area contributed by atoms with Crippen LogP contribution in [0.25, 0.3) is 5.69 Å². The first-order valence-corrected chi connectivity index (χ1v) is 7.55. The van der Waals surface area contributed by atoms with E-state index < -0.39 is 0 Å². The molecule has 2 aromatic carbocycles. The van der Waals surface area contributed by atoms with Crippen LogP contribution in [0, 0.1) is 18.3 Å². The molecule has 0 aliphatic heterocycles. The summed E-state index contributed by atoms with van der Waals surface area (Å²) < 4.78 is 1.35. The molecule has 1 aromatic heterocycles. The number of halogens is 1. The third kappa shape index (κ3) is 2.75. The number of nitrogen functional groups attached to an aromatic ring is 1. The lowest BCUT2D eigenvalue weighted by molar-refractivity contribution is 0.103. The van der Waals surface area contributed by atoms with Gasteiger partial charge in [0.05, 0.1) is 5.69 Å². The van der Waals surface area contributed by atoms with Crippen molar-refractivity contribution in [1.29, 1.82) is 5.26 Å². The number of hydrogen-bond acceptors (Lipinski definition) is 4. The molecule has 0 unspecified atom stereocenters. The highest BCUT2D eigenvalue weighted by Gasteiger charge is 2.23. The summed E-state index contributed by atoms with van der Waals surface area (Å²) >= 11 is 5.99. The normalized spacial score (nSPS) is 10.4. The zero-order chi connectivity index (χ0) is 17.3. The predicted molar refractivity (Wildman–Crippen MR) is 92.3 cm³/mol. The smallest absolute Gasteiger partial charge is 0.214 e. The molecule has 3 rings (SSSR count). The number of nitriles is 1. The highest BCUT2D eigenvalue weighted by molar-refractivity contribution is 6.30. The number of anilines is 1. The van der Waals surface area contributed by atoms with Gasteiger partial charge in [0.15, 0.2) is 5.69 Å². The molecule has 1 heterocycles. The highest BCUT2D eigenvalue weighted by atomic mass is 35.5. The number of carbonyl (C=O) groups excluding carboxylic acids is 1. The minimum absolute atomic E-state index is 0.0267. The molecule has 24 heavy (non-hydrogen) atoms. The van der Waals surface area contributed by atoms with Crippen LogP contribution in [-0.4, -0.2) is 15.6 Å². The number of ketones is 1. The van der Waals surface area contributed by atoms with Crippen molar-refractivity contribution in [2.24, 2.45) is 0 Å². The predicted octanol–water partition coefficient (Wildman–Crippen LogP) is 3.52.